The number of aromatic nitrogens is 1. The van der Waals surface area contributed by atoms with Gasteiger partial charge in [0.15, 0.2) is 0 Å². The van der Waals surface area contributed by atoms with Crippen molar-refractivity contribution in [1.29, 1.82) is 0 Å². The Morgan fingerprint density at radius 3 is 1.90 bits per heavy atom. The van der Waals surface area contributed by atoms with Gasteiger partial charge in [-0.1, -0.05) is 43.3 Å². The number of benzene rings is 4. The summed E-state index contributed by atoms with van der Waals surface area (Å²) in [5.74, 6) is -0.427. The van der Waals surface area contributed by atoms with E-state index in [4.69, 9.17) is 28.5 Å². The van der Waals surface area contributed by atoms with Gasteiger partial charge in [-0.25, -0.2) is 0 Å². The molecule has 1 aromatic heterocycles. The van der Waals surface area contributed by atoms with Gasteiger partial charge in [-0.3, -0.25) is 9.59 Å². The number of esters is 3. The first-order valence-corrected chi connectivity index (χ1v) is 23.7. The molecule has 10 nitrogen and oxygen atoms in total. The minimum Gasteiger partial charge on any atom is -0.465 e. The van der Waals surface area contributed by atoms with E-state index in [0.29, 0.717) is 18.3 Å². The summed E-state index contributed by atoms with van der Waals surface area (Å²) in [5, 5.41) is 2.15. The summed E-state index contributed by atoms with van der Waals surface area (Å²) in [5.41, 5.74) is -0.279. The predicted octanol–water partition coefficient (Wildman–Crippen LogP) is 6.17. The van der Waals surface area contributed by atoms with Gasteiger partial charge in [0.05, 0.1) is 35.3 Å². The average Bonchev–Trinajstić information content (AvgIpc) is 3.97. The van der Waals surface area contributed by atoms with E-state index in [-0.39, 0.29) is 79.1 Å². The molecule has 5 atom stereocenters. The quantitative estimate of drug-likeness (QED) is 0.0298. The fourth-order valence-corrected chi connectivity index (χ4v) is 10.9. The first-order chi connectivity index (χ1) is 29.3. The van der Waals surface area contributed by atoms with Crippen LogP contribution in [-0.4, -0.2) is 67.9 Å². The molecule has 0 N–H and O–H groups in total. The van der Waals surface area contributed by atoms with Crippen molar-refractivity contribution in [3.8, 4) is 5.75 Å². The molecule has 0 spiro atoms. The van der Waals surface area contributed by atoms with Gasteiger partial charge in [0.2, 0.25) is 0 Å². The van der Waals surface area contributed by atoms with E-state index in [1.807, 2.05) is 62.4 Å². The van der Waals surface area contributed by atoms with Crippen molar-refractivity contribution in [1.82, 2.24) is 4.73 Å². The minimum atomic E-state index is -1.22. The van der Waals surface area contributed by atoms with Gasteiger partial charge in [0.25, 0.3) is 0 Å². The maximum Gasteiger partial charge on any atom is 0.311 e. The van der Waals surface area contributed by atoms with Crippen LogP contribution in [0.25, 0.3) is 21.8 Å². The van der Waals surface area contributed by atoms with Crippen LogP contribution >= 0.6 is 0 Å². The summed E-state index contributed by atoms with van der Waals surface area (Å²) in [4.78, 5) is 48.2. The third-order valence-corrected chi connectivity index (χ3v) is 14.9. The van der Waals surface area contributed by atoms with Crippen LogP contribution in [0.4, 0.5) is 0 Å². The fraction of sp³-hybridized carbons (Fsp3) is 0.460. The van der Waals surface area contributed by atoms with Crippen molar-refractivity contribution in [3.63, 3.8) is 0 Å². The van der Waals surface area contributed by atoms with Crippen molar-refractivity contribution in [2.24, 2.45) is 22.2 Å². The SMILES string of the molecule is CCC(C)(CC(C)(CC(C)(C)C(=O)OCCOc1ccc([I-]c2ccc(C)cc2)cc1)C(=O)OCC1CCC2OC2C1)C(=O)OCCOn1c2ccccc2c2ccccc21. The molecule has 326 valence electrons. The molecule has 1 aliphatic heterocycles. The largest absolute Gasteiger partial charge is 0.465 e. The number of ether oxygens (including phenoxy) is 5. The Hall–Kier alpha value is -4.62. The smallest absolute Gasteiger partial charge is 0.311 e. The third-order valence-electron chi connectivity index (χ3n) is 12.2. The number of carbonyl (C=O) groups is 3. The van der Waals surface area contributed by atoms with Crippen LogP contribution in [0.3, 0.4) is 0 Å². The number of hydrogen-bond acceptors (Lipinski definition) is 9. The molecule has 0 amide bonds. The van der Waals surface area contributed by atoms with Crippen molar-refractivity contribution in [2.45, 2.75) is 92.3 Å². The Labute approximate surface area is 369 Å². The Morgan fingerprint density at radius 1 is 0.672 bits per heavy atom. The van der Waals surface area contributed by atoms with Gasteiger partial charge in [-0.2, -0.15) is 4.73 Å². The molecule has 1 saturated heterocycles. The molecule has 2 heterocycles. The number of rotatable bonds is 20. The molecule has 61 heavy (non-hydrogen) atoms. The molecule has 7 rings (SSSR count). The third kappa shape index (κ3) is 10.9. The van der Waals surface area contributed by atoms with Crippen LogP contribution in [0.2, 0.25) is 0 Å². The molecule has 1 saturated carbocycles. The maximum absolute atomic E-state index is 14.3. The van der Waals surface area contributed by atoms with E-state index in [0.717, 1.165) is 41.1 Å². The normalized spacial score (nSPS) is 19.3. The van der Waals surface area contributed by atoms with Crippen LogP contribution in [0.5, 0.6) is 5.75 Å². The van der Waals surface area contributed by atoms with E-state index < -0.39 is 34.2 Å². The van der Waals surface area contributed by atoms with Gasteiger partial charge in [-0.15, -0.1) is 0 Å². The average molecular weight is 945 g/mol. The predicted molar refractivity (Wildman–Crippen MR) is 230 cm³/mol. The number of carbonyl (C=O) groups excluding carboxylic acids is 3. The van der Waals surface area contributed by atoms with Crippen LogP contribution in [0.15, 0.2) is 97.1 Å². The fourth-order valence-electron chi connectivity index (χ4n) is 8.73. The molecule has 11 heteroatoms. The molecule has 4 aromatic carbocycles. The number of epoxide rings is 1. The topological polar surface area (TPSA) is 115 Å². The van der Waals surface area contributed by atoms with E-state index in [2.05, 4.69) is 55.5 Å². The summed E-state index contributed by atoms with van der Waals surface area (Å²) in [7, 11) is 0. The van der Waals surface area contributed by atoms with Gasteiger partial charge < -0.3 is 19.0 Å². The maximum atomic E-state index is 14.3. The van der Waals surface area contributed by atoms with Crippen molar-refractivity contribution in [3.05, 3.63) is 110 Å². The Balaban J connectivity index is 0.958. The molecular weight excluding hydrogens is 885 g/mol. The second-order valence-corrected chi connectivity index (χ2v) is 20.9. The van der Waals surface area contributed by atoms with Crippen LogP contribution < -0.4 is 30.8 Å². The number of halogens is 1. The van der Waals surface area contributed by atoms with Crippen molar-refractivity contribution >= 4 is 39.7 Å². The van der Waals surface area contributed by atoms with E-state index in [1.54, 1.807) is 25.5 Å². The number of para-hydroxylation sites is 2. The van der Waals surface area contributed by atoms with Crippen LogP contribution in [0, 0.1) is 36.2 Å². The molecule has 0 radical (unpaired) electrons. The zero-order chi connectivity index (χ0) is 43.2. The van der Waals surface area contributed by atoms with Gasteiger partial charge in [-0.05, 0) is 64.0 Å². The van der Waals surface area contributed by atoms with Crippen LogP contribution in [0.1, 0.15) is 78.7 Å². The molecule has 1 aliphatic carbocycles. The zero-order valence-corrected chi connectivity index (χ0v) is 38.4. The number of hydrogen-bond donors (Lipinski definition) is 0. The second-order valence-electron chi connectivity index (χ2n) is 17.8. The van der Waals surface area contributed by atoms with Crippen molar-refractivity contribution < 1.29 is 64.1 Å². The summed E-state index contributed by atoms with van der Waals surface area (Å²) in [6, 6.07) is 32.8. The Bertz CT molecular complexity index is 2250. The number of aryl methyl sites for hydroxylation is 1. The molecule has 5 unspecified atom stereocenters. The second kappa shape index (κ2) is 19.2. The Morgan fingerprint density at radius 2 is 1.26 bits per heavy atom. The first kappa shape index (κ1) is 44.4. The number of nitrogens with zero attached hydrogens (tertiary/aromatic N) is 1. The minimum absolute atomic E-state index is 0.0150. The Kier molecular flexibility index (Phi) is 14.0. The molecule has 0 bridgehead atoms. The van der Waals surface area contributed by atoms with E-state index in [1.165, 1.54) is 12.7 Å². The first-order valence-electron chi connectivity index (χ1n) is 21.5. The molecule has 2 aliphatic rings. The van der Waals surface area contributed by atoms with Gasteiger partial charge in [0.1, 0.15) is 13.2 Å². The van der Waals surface area contributed by atoms with Gasteiger partial charge >= 0.3 is 172 Å². The molecule has 5 aromatic rings. The standard InChI is InChI=1S/C50H59INO9/c1-7-49(5,46(54)58-28-29-60-52-41-14-10-8-12-39(41)40-13-9-11-15-42(40)52)33-50(6,47(55)59-31-35-18-25-43-44(30-35)61-43)32-48(3,4)45(53)57-27-26-56-38-23-21-37(22-24-38)51-36-19-16-34(2)17-20-36/h8-17,19-24,35,43-44H,7,18,25-33H2,1-6H3/q-1. The monoisotopic (exact) mass is 944 g/mol. The summed E-state index contributed by atoms with van der Waals surface area (Å²) >= 11 is -0.290. The zero-order valence-electron chi connectivity index (χ0n) is 36.2. The molecule has 2 fully saturated rings. The molecular formula is C50H59INO9-. The summed E-state index contributed by atoms with van der Waals surface area (Å²) < 4.78 is 33.8. The van der Waals surface area contributed by atoms with E-state index >= 15 is 0 Å². The van der Waals surface area contributed by atoms with Crippen LogP contribution in [-0.2, 0) is 33.3 Å². The van der Waals surface area contributed by atoms with Crippen molar-refractivity contribution in [2.75, 3.05) is 33.0 Å². The van der Waals surface area contributed by atoms with Gasteiger partial charge in [0, 0.05) is 10.8 Å². The summed E-state index contributed by atoms with van der Waals surface area (Å²) in [6.07, 6.45) is 3.97. The summed E-state index contributed by atoms with van der Waals surface area (Å²) in [6.45, 7) is 11.8. The number of fused-ring (bicyclic) bond motifs is 4. The van der Waals surface area contributed by atoms with E-state index in [9.17, 15) is 14.4 Å².